The molecule has 0 saturated heterocycles. The van der Waals surface area contributed by atoms with Gasteiger partial charge >= 0.3 is 5.97 Å². The normalized spacial score (nSPS) is 13.3. The summed E-state index contributed by atoms with van der Waals surface area (Å²) in [5.41, 5.74) is 0. The van der Waals surface area contributed by atoms with Crippen molar-refractivity contribution in [2.24, 2.45) is 11.8 Å². The summed E-state index contributed by atoms with van der Waals surface area (Å²) in [5.74, 6) is -0.856. The van der Waals surface area contributed by atoms with E-state index in [0.717, 1.165) is 0 Å². The van der Waals surface area contributed by atoms with E-state index in [1.165, 1.54) is 24.3 Å². The van der Waals surface area contributed by atoms with Crippen LogP contribution in [0.3, 0.4) is 0 Å². The number of carbonyl (C=O) groups is 1. The smallest absolute Gasteiger partial charge is 0.303 e. The fourth-order valence-corrected chi connectivity index (χ4v) is 3.32. The highest BCUT2D eigenvalue weighted by molar-refractivity contribution is 7.89. The number of rotatable bonds is 8. The molecule has 118 valence electrons. The summed E-state index contributed by atoms with van der Waals surface area (Å²) >= 11 is 5.72. The third-order valence-corrected chi connectivity index (χ3v) is 4.65. The number of benzene rings is 1. The predicted octanol–water partition coefficient (Wildman–Crippen LogP) is 2.76. The van der Waals surface area contributed by atoms with Crippen molar-refractivity contribution in [2.75, 3.05) is 6.54 Å². The van der Waals surface area contributed by atoms with Crippen LogP contribution in [0, 0.1) is 11.8 Å². The van der Waals surface area contributed by atoms with E-state index in [1.54, 1.807) is 0 Å². The van der Waals surface area contributed by atoms with Crippen LogP contribution in [0.15, 0.2) is 29.2 Å². The van der Waals surface area contributed by atoms with Crippen molar-refractivity contribution in [1.29, 1.82) is 0 Å². The van der Waals surface area contributed by atoms with Crippen LogP contribution in [0.4, 0.5) is 0 Å². The van der Waals surface area contributed by atoms with Gasteiger partial charge in [-0.1, -0.05) is 25.4 Å². The van der Waals surface area contributed by atoms with Crippen molar-refractivity contribution in [3.8, 4) is 0 Å². The second-order valence-electron chi connectivity index (χ2n) is 5.40. The summed E-state index contributed by atoms with van der Waals surface area (Å²) in [6.45, 7) is 4.06. The lowest BCUT2D eigenvalue weighted by Crippen LogP contribution is -2.31. The topological polar surface area (TPSA) is 83.5 Å². The van der Waals surface area contributed by atoms with Gasteiger partial charge in [-0.15, -0.1) is 0 Å². The molecule has 5 nitrogen and oxygen atoms in total. The first kappa shape index (κ1) is 17.9. The van der Waals surface area contributed by atoms with Gasteiger partial charge in [-0.25, -0.2) is 13.1 Å². The van der Waals surface area contributed by atoms with Crippen LogP contribution in [0.2, 0.25) is 5.02 Å². The zero-order valence-electron chi connectivity index (χ0n) is 12.0. The van der Waals surface area contributed by atoms with Gasteiger partial charge < -0.3 is 5.11 Å². The molecule has 0 bridgehead atoms. The minimum absolute atomic E-state index is 0.0542. The molecule has 0 unspecified atom stereocenters. The number of sulfonamides is 1. The lowest BCUT2D eigenvalue weighted by molar-refractivity contribution is -0.138. The van der Waals surface area contributed by atoms with Gasteiger partial charge in [0, 0.05) is 18.0 Å². The van der Waals surface area contributed by atoms with E-state index in [1.807, 2.05) is 13.8 Å². The Morgan fingerprint density at radius 3 is 2.33 bits per heavy atom. The van der Waals surface area contributed by atoms with E-state index >= 15 is 0 Å². The number of halogens is 1. The Morgan fingerprint density at radius 1 is 1.29 bits per heavy atom. The molecule has 0 aliphatic heterocycles. The second kappa shape index (κ2) is 7.77. The number of aliphatic carboxylic acids is 1. The van der Waals surface area contributed by atoms with Gasteiger partial charge in [0.15, 0.2) is 0 Å². The second-order valence-corrected chi connectivity index (χ2v) is 7.60. The van der Waals surface area contributed by atoms with Crippen molar-refractivity contribution in [3.05, 3.63) is 29.3 Å². The Bertz CT molecular complexity index is 569. The summed E-state index contributed by atoms with van der Waals surface area (Å²) in [5, 5.41) is 9.34. The molecular weight excluding hydrogens is 314 g/mol. The van der Waals surface area contributed by atoms with Crippen molar-refractivity contribution in [2.45, 2.75) is 31.6 Å². The van der Waals surface area contributed by atoms with E-state index in [9.17, 15) is 13.2 Å². The van der Waals surface area contributed by atoms with Crippen LogP contribution in [0.1, 0.15) is 26.7 Å². The fraction of sp³-hybridized carbons (Fsp3) is 0.500. The average molecular weight is 334 g/mol. The molecule has 1 aromatic carbocycles. The quantitative estimate of drug-likeness (QED) is 0.766. The van der Waals surface area contributed by atoms with Crippen molar-refractivity contribution >= 4 is 27.6 Å². The van der Waals surface area contributed by atoms with Crippen LogP contribution in [0.5, 0.6) is 0 Å². The van der Waals surface area contributed by atoms with Gasteiger partial charge in [-0.05, 0) is 42.5 Å². The summed E-state index contributed by atoms with van der Waals surface area (Å²) in [6.07, 6.45) is 0.594. The molecule has 0 radical (unpaired) electrons. The maximum absolute atomic E-state index is 12.1. The third kappa shape index (κ3) is 6.46. The van der Waals surface area contributed by atoms with E-state index < -0.39 is 16.0 Å². The van der Waals surface area contributed by atoms with E-state index in [-0.39, 0.29) is 23.8 Å². The van der Waals surface area contributed by atoms with Crippen LogP contribution >= 0.6 is 11.6 Å². The van der Waals surface area contributed by atoms with Crippen molar-refractivity contribution in [3.63, 3.8) is 0 Å². The highest BCUT2D eigenvalue weighted by atomic mass is 35.5. The molecule has 0 aliphatic carbocycles. The lowest BCUT2D eigenvalue weighted by atomic mass is 9.94. The number of carboxylic acid groups (broad SMARTS) is 1. The molecule has 7 heteroatoms. The lowest BCUT2D eigenvalue weighted by Gasteiger charge is -2.17. The van der Waals surface area contributed by atoms with E-state index in [2.05, 4.69) is 4.72 Å². The Morgan fingerprint density at radius 2 is 1.86 bits per heavy atom. The molecule has 0 aromatic heterocycles. The Balaban J connectivity index is 2.73. The molecule has 0 aliphatic rings. The zero-order valence-corrected chi connectivity index (χ0v) is 13.6. The molecule has 1 aromatic rings. The molecule has 21 heavy (non-hydrogen) atoms. The molecular formula is C14H20ClNO4S. The summed E-state index contributed by atoms with van der Waals surface area (Å²) in [7, 11) is -3.65. The predicted molar refractivity (Wildman–Crippen MR) is 81.8 cm³/mol. The SMILES string of the molecule is CC(C)C[C@H](CNS(=O)(=O)c1ccc(Cl)cc1)CC(=O)O. The van der Waals surface area contributed by atoms with E-state index in [4.69, 9.17) is 16.7 Å². The molecule has 1 rings (SSSR count). The highest BCUT2D eigenvalue weighted by Gasteiger charge is 2.19. The van der Waals surface area contributed by atoms with Crippen LogP contribution in [0.25, 0.3) is 0 Å². The minimum atomic E-state index is -3.65. The first-order chi connectivity index (χ1) is 9.70. The minimum Gasteiger partial charge on any atom is -0.481 e. The fourth-order valence-electron chi connectivity index (χ4n) is 2.08. The van der Waals surface area contributed by atoms with Gasteiger partial charge in [-0.3, -0.25) is 4.79 Å². The molecule has 1 atom stereocenters. The summed E-state index contributed by atoms with van der Waals surface area (Å²) in [4.78, 5) is 10.9. The van der Waals surface area contributed by atoms with Gasteiger partial charge in [0.05, 0.1) is 4.90 Å². The molecule has 0 saturated carbocycles. The molecule has 2 N–H and O–H groups in total. The van der Waals surface area contributed by atoms with Crippen LogP contribution < -0.4 is 4.72 Å². The average Bonchev–Trinajstić information content (AvgIpc) is 2.35. The molecule has 0 heterocycles. The van der Waals surface area contributed by atoms with Crippen molar-refractivity contribution < 1.29 is 18.3 Å². The number of nitrogens with one attached hydrogen (secondary N) is 1. The van der Waals surface area contributed by atoms with E-state index in [0.29, 0.717) is 17.4 Å². The van der Waals surface area contributed by atoms with Gasteiger partial charge in [0.25, 0.3) is 0 Å². The number of carboxylic acids is 1. The summed E-state index contributed by atoms with van der Waals surface area (Å²) in [6, 6.07) is 5.83. The largest absolute Gasteiger partial charge is 0.481 e. The van der Waals surface area contributed by atoms with Gasteiger partial charge in [-0.2, -0.15) is 0 Å². The first-order valence-electron chi connectivity index (χ1n) is 6.67. The molecule has 0 amide bonds. The maximum atomic E-state index is 12.1. The highest BCUT2D eigenvalue weighted by Crippen LogP contribution is 2.17. The van der Waals surface area contributed by atoms with Gasteiger partial charge in [0.1, 0.15) is 0 Å². The maximum Gasteiger partial charge on any atom is 0.303 e. The molecule has 0 spiro atoms. The number of hydrogen-bond donors (Lipinski definition) is 2. The van der Waals surface area contributed by atoms with Gasteiger partial charge in [0.2, 0.25) is 10.0 Å². The Labute approximate surface area is 130 Å². The standard InChI is InChI=1S/C14H20ClNO4S/c1-10(2)7-11(8-14(17)18)9-16-21(19,20)13-5-3-12(15)4-6-13/h3-6,10-11,16H,7-9H2,1-2H3,(H,17,18)/t11-/m0/s1. The first-order valence-corrected chi connectivity index (χ1v) is 8.54. The third-order valence-electron chi connectivity index (χ3n) is 2.95. The monoisotopic (exact) mass is 333 g/mol. The van der Waals surface area contributed by atoms with Crippen molar-refractivity contribution in [1.82, 2.24) is 4.72 Å². The Hall–Kier alpha value is -1.11. The van der Waals surface area contributed by atoms with Crippen LogP contribution in [-0.2, 0) is 14.8 Å². The summed E-state index contributed by atoms with van der Waals surface area (Å²) < 4.78 is 26.7. The zero-order chi connectivity index (χ0) is 16.0. The molecule has 0 fully saturated rings. The Kier molecular flexibility index (Phi) is 6.64. The van der Waals surface area contributed by atoms with Crippen LogP contribution in [-0.4, -0.2) is 26.0 Å². The number of hydrogen-bond acceptors (Lipinski definition) is 3.